The number of aromatic nitrogens is 4. The number of amides is 1. The molecule has 3 rings (SSSR count). The number of carbonyl (C=O) groups excluding carboxylic acids is 1. The molecule has 8 heteroatoms. The molecule has 0 saturated heterocycles. The van der Waals surface area contributed by atoms with Gasteiger partial charge in [0.05, 0.1) is 12.3 Å². The van der Waals surface area contributed by atoms with Crippen molar-refractivity contribution in [1.29, 1.82) is 0 Å². The van der Waals surface area contributed by atoms with Crippen LogP contribution in [0.2, 0.25) is 0 Å². The summed E-state index contributed by atoms with van der Waals surface area (Å²) in [5, 5.41) is 0. The highest BCUT2D eigenvalue weighted by molar-refractivity contribution is 6.01. The van der Waals surface area contributed by atoms with Crippen molar-refractivity contribution in [1.82, 2.24) is 19.5 Å². The van der Waals surface area contributed by atoms with Gasteiger partial charge in [-0.3, -0.25) is 4.79 Å². The molecule has 1 amide bonds. The van der Waals surface area contributed by atoms with Crippen LogP contribution in [0.4, 0.5) is 0 Å². The summed E-state index contributed by atoms with van der Waals surface area (Å²) in [7, 11) is 0. The fourth-order valence-electron chi connectivity index (χ4n) is 2.81. The minimum Gasteiger partial charge on any atom is -0.492 e. The lowest BCUT2D eigenvalue weighted by Crippen LogP contribution is -2.17. The Hall–Kier alpha value is -3.16. The summed E-state index contributed by atoms with van der Waals surface area (Å²) < 4.78 is 7.02. The highest BCUT2D eigenvalue weighted by Gasteiger charge is 2.21. The van der Waals surface area contributed by atoms with Gasteiger partial charge in [-0.25, -0.2) is 19.3 Å². The number of benzene rings is 1. The highest BCUT2D eigenvalue weighted by atomic mass is 16.5. The Bertz CT molecular complexity index is 1020. The van der Waals surface area contributed by atoms with Crippen LogP contribution in [0.5, 0.6) is 5.75 Å². The molecule has 0 unspecified atom stereocenters. The lowest BCUT2D eigenvalue weighted by atomic mass is 10.1. The van der Waals surface area contributed by atoms with Crippen molar-refractivity contribution in [2.75, 3.05) is 6.61 Å². The van der Waals surface area contributed by atoms with E-state index in [0.29, 0.717) is 35.9 Å². The molecule has 0 bridgehead atoms. The van der Waals surface area contributed by atoms with E-state index in [1.165, 1.54) is 4.57 Å². The van der Waals surface area contributed by atoms with Crippen LogP contribution >= 0.6 is 0 Å². The van der Waals surface area contributed by atoms with Crippen molar-refractivity contribution in [2.45, 2.75) is 27.2 Å². The summed E-state index contributed by atoms with van der Waals surface area (Å²) in [5.74, 6) is 0.572. The van der Waals surface area contributed by atoms with E-state index in [1.807, 2.05) is 26.8 Å². The van der Waals surface area contributed by atoms with Crippen molar-refractivity contribution in [3.63, 3.8) is 0 Å². The molecule has 26 heavy (non-hydrogen) atoms. The average Bonchev–Trinajstić information content (AvgIpc) is 2.90. The number of rotatable bonds is 6. The number of primary amides is 1. The van der Waals surface area contributed by atoms with Crippen molar-refractivity contribution in [2.24, 2.45) is 11.7 Å². The van der Waals surface area contributed by atoms with Gasteiger partial charge in [-0.1, -0.05) is 26.0 Å². The zero-order chi connectivity index (χ0) is 18.8. The predicted octanol–water partition coefficient (Wildman–Crippen LogP) is 1.80. The van der Waals surface area contributed by atoms with Crippen LogP contribution in [0.15, 0.2) is 29.1 Å². The van der Waals surface area contributed by atoms with Gasteiger partial charge in [0, 0.05) is 6.42 Å². The van der Waals surface area contributed by atoms with Gasteiger partial charge >= 0.3 is 5.69 Å². The first-order valence-electron chi connectivity index (χ1n) is 8.46. The molecule has 136 valence electrons. The molecule has 3 N–H and O–H groups in total. The normalized spacial score (nSPS) is 11.2. The molecule has 0 fully saturated rings. The molecule has 0 saturated carbocycles. The monoisotopic (exact) mass is 355 g/mol. The topological polar surface area (TPSA) is 116 Å². The second kappa shape index (κ2) is 6.99. The van der Waals surface area contributed by atoms with E-state index in [2.05, 4.69) is 15.0 Å². The standard InChI is InChI=1S/C18H21N5O3/c1-4-26-12-8-6-5-7-11(12)23-17-15(22-18(23)25)14(16(19)24)20-13(21-17)9-10(2)3/h5-8,10H,4,9H2,1-3H3,(H2,19,24)(H,22,25). The quantitative estimate of drug-likeness (QED) is 0.699. The smallest absolute Gasteiger partial charge is 0.332 e. The molecule has 0 aliphatic heterocycles. The maximum absolute atomic E-state index is 12.6. The third-order valence-electron chi connectivity index (χ3n) is 3.81. The van der Waals surface area contributed by atoms with Crippen LogP contribution in [-0.4, -0.2) is 32.0 Å². The maximum Gasteiger partial charge on any atom is 0.332 e. The van der Waals surface area contributed by atoms with Crippen molar-refractivity contribution < 1.29 is 9.53 Å². The number of ether oxygens (including phenoxy) is 1. The van der Waals surface area contributed by atoms with E-state index in [1.54, 1.807) is 18.2 Å². The molecular formula is C18H21N5O3. The summed E-state index contributed by atoms with van der Waals surface area (Å²) in [6, 6.07) is 7.15. The van der Waals surface area contributed by atoms with Gasteiger partial charge in [-0.2, -0.15) is 0 Å². The Labute approximate surface area is 150 Å². The van der Waals surface area contributed by atoms with Crippen LogP contribution in [0.3, 0.4) is 0 Å². The molecule has 0 aliphatic carbocycles. The molecule has 2 aromatic heterocycles. The number of fused-ring (bicyclic) bond motifs is 1. The van der Waals surface area contributed by atoms with E-state index in [0.717, 1.165) is 0 Å². The maximum atomic E-state index is 12.6. The largest absolute Gasteiger partial charge is 0.492 e. The Kier molecular flexibility index (Phi) is 4.75. The first-order valence-corrected chi connectivity index (χ1v) is 8.46. The Morgan fingerprint density at radius 2 is 2.04 bits per heavy atom. The molecule has 3 aromatic rings. The predicted molar refractivity (Wildman–Crippen MR) is 97.7 cm³/mol. The van der Waals surface area contributed by atoms with Gasteiger partial charge < -0.3 is 15.5 Å². The molecule has 0 spiro atoms. The van der Waals surface area contributed by atoms with Gasteiger partial charge in [0.1, 0.15) is 17.1 Å². The third-order valence-corrected chi connectivity index (χ3v) is 3.81. The van der Waals surface area contributed by atoms with E-state index in [4.69, 9.17) is 10.5 Å². The van der Waals surface area contributed by atoms with Crippen LogP contribution in [0.1, 0.15) is 37.1 Å². The summed E-state index contributed by atoms with van der Waals surface area (Å²) in [5.41, 5.74) is 6.11. The molecule has 0 atom stereocenters. The molecule has 8 nitrogen and oxygen atoms in total. The number of imidazole rings is 1. The molecule has 1 aromatic carbocycles. The molecule has 2 heterocycles. The minimum atomic E-state index is -0.714. The SMILES string of the molecule is CCOc1ccccc1-n1c(=O)[nH]c2c(C(N)=O)nc(CC(C)C)nc21. The van der Waals surface area contributed by atoms with Crippen molar-refractivity contribution in [3.05, 3.63) is 46.3 Å². The highest BCUT2D eigenvalue weighted by Crippen LogP contribution is 2.25. The number of aromatic amines is 1. The first kappa shape index (κ1) is 17.7. The number of nitrogens with two attached hydrogens (primary N) is 1. The van der Waals surface area contributed by atoms with Crippen molar-refractivity contribution in [3.8, 4) is 11.4 Å². The zero-order valence-corrected chi connectivity index (χ0v) is 14.9. The van der Waals surface area contributed by atoms with E-state index < -0.39 is 11.6 Å². The number of H-pyrrole nitrogens is 1. The van der Waals surface area contributed by atoms with Crippen LogP contribution in [0.25, 0.3) is 16.9 Å². The fourth-order valence-corrected chi connectivity index (χ4v) is 2.81. The molecule has 0 radical (unpaired) electrons. The number of hydrogen-bond donors (Lipinski definition) is 2. The van der Waals surface area contributed by atoms with Crippen LogP contribution in [-0.2, 0) is 6.42 Å². The third kappa shape index (κ3) is 3.17. The number of nitrogens with one attached hydrogen (secondary N) is 1. The second-order valence-corrected chi connectivity index (χ2v) is 6.32. The van der Waals surface area contributed by atoms with E-state index >= 15 is 0 Å². The van der Waals surface area contributed by atoms with Gasteiger partial charge in [-0.05, 0) is 25.0 Å². The number of nitrogens with zero attached hydrogens (tertiary/aromatic N) is 3. The number of carbonyl (C=O) groups is 1. The first-order chi connectivity index (χ1) is 12.4. The lowest BCUT2D eigenvalue weighted by molar-refractivity contribution is 0.0996. The Morgan fingerprint density at radius 1 is 1.31 bits per heavy atom. The lowest BCUT2D eigenvalue weighted by Gasteiger charge is -2.11. The Morgan fingerprint density at radius 3 is 2.69 bits per heavy atom. The average molecular weight is 355 g/mol. The van der Waals surface area contributed by atoms with Gasteiger partial charge in [0.15, 0.2) is 11.3 Å². The summed E-state index contributed by atoms with van der Waals surface area (Å²) in [6.45, 7) is 6.36. The fraction of sp³-hybridized carbons (Fsp3) is 0.333. The van der Waals surface area contributed by atoms with Crippen LogP contribution < -0.4 is 16.2 Å². The summed E-state index contributed by atoms with van der Waals surface area (Å²) in [4.78, 5) is 35.9. The van der Waals surface area contributed by atoms with E-state index in [9.17, 15) is 9.59 Å². The van der Waals surface area contributed by atoms with Gasteiger partial charge in [0.2, 0.25) is 0 Å². The van der Waals surface area contributed by atoms with E-state index in [-0.39, 0.29) is 17.1 Å². The van der Waals surface area contributed by atoms with Crippen molar-refractivity contribution >= 4 is 17.1 Å². The molecular weight excluding hydrogens is 334 g/mol. The Balaban J connectivity index is 2.33. The number of para-hydroxylation sites is 2. The second-order valence-electron chi connectivity index (χ2n) is 6.32. The summed E-state index contributed by atoms with van der Waals surface area (Å²) in [6.07, 6.45) is 0.558. The number of hydrogen-bond acceptors (Lipinski definition) is 5. The molecule has 0 aliphatic rings. The van der Waals surface area contributed by atoms with Gasteiger partial charge in [-0.15, -0.1) is 0 Å². The zero-order valence-electron chi connectivity index (χ0n) is 14.9. The minimum absolute atomic E-state index is 0.00962. The van der Waals surface area contributed by atoms with Gasteiger partial charge in [0.25, 0.3) is 5.91 Å². The summed E-state index contributed by atoms with van der Waals surface area (Å²) >= 11 is 0. The van der Waals surface area contributed by atoms with Crippen LogP contribution in [0, 0.1) is 5.92 Å².